The molecule has 2 unspecified atom stereocenters. The smallest absolute Gasteiger partial charge is 0.123 e. The summed E-state index contributed by atoms with van der Waals surface area (Å²) in [5.41, 5.74) is 1.17. The molecule has 0 radical (unpaired) electrons. The Morgan fingerprint density at radius 3 is 3.00 bits per heavy atom. The van der Waals surface area contributed by atoms with E-state index in [0.29, 0.717) is 13.0 Å². The van der Waals surface area contributed by atoms with E-state index >= 15 is 0 Å². The van der Waals surface area contributed by atoms with Gasteiger partial charge in [0.15, 0.2) is 0 Å². The fourth-order valence-corrected chi connectivity index (χ4v) is 3.75. The minimum Gasteiger partial charge on any atom is -0.496 e. The van der Waals surface area contributed by atoms with E-state index in [-0.39, 0.29) is 6.04 Å². The summed E-state index contributed by atoms with van der Waals surface area (Å²) >= 11 is 1.60. The van der Waals surface area contributed by atoms with Crippen molar-refractivity contribution in [2.45, 2.75) is 25.1 Å². The fourth-order valence-electron chi connectivity index (χ4n) is 3.02. The summed E-state index contributed by atoms with van der Waals surface area (Å²) in [4.78, 5) is 3.41. The highest BCUT2D eigenvalue weighted by atomic mass is 32.1. The number of aliphatic hydroxyl groups excluding tert-OH is 1. The number of hydrogen-bond donors (Lipinski definition) is 1. The van der Waals surface area contributed by atoms with Crippen molar-refractivity contribution in [1.29, 1.82) is 0 Å². The van der Waals surface area contributed by atoms with Crippen LogP contribution in [-0.2, 0) is 11.3 Å². The lowest BCUT2D eigenvalue weighted by molar-refractivity contribution is -0.0298. The maximum atomic E-state index is 10.4. The van der Waals surface area contributed by atoms with Crippen molar-refractivity contribution in [2.75, 3.05) is 26.9 Å². The zero-order valence-electron chi connectivity index (χ0n) is 13.4. The molecule has 1 aliphatic rings. The first-order chi connectivity index (χ1) is 11.3. The summed E-state index contributed by atoms with van der Waals surface area (Å²) in [6, 6.07) is 12.3. The second-order valence-corrected chi connectivity index (χ2v) is 6.76. The van der Waals surface area contributed by atoms with Crippen molar-refractivity contribution >= 4 is 11.3 Å². The second-order valence-electron chi connectivity index (χ2n) is 5.78. The molecule has 3 rings (SSSR count). The second kappa shape index (κ2) is 7.93. The van der Waals surface area contributed by atoms with Gasteiger partial charge in [-0.15, -0.1) is 11.3 Å². The molecule has 0 saturated carbocycles. The molecular weight excluding hydrogens is 310 g/mol. The van der Waals surface area contributed by atoms with E-state index in [2.05, 4.69) is 11.0 Å². The van der Waals surface area contributed by atoms with E-state index in [9.17, 15) is 5.11 Å². The Balaban J connectivity index is 1.69. The minimum absolute atomic E-state index is 0.214. The maximum Gasteiger partial charge on any atom is 0.123 e. The number of nitrogens with zero attached hydrogens (tertiary/aromatic N) is 1. The Morgan fingerprint density at radius 1 is 1.35 bits per heavy atom. The third-order valence-corrected chi connectivity index (χ3v) is 5.26. The van der Waals surface area contributed by atoms with Crippen LogP contribution in [0.15, 0.2) is 41.8 Å². The number of ether oxygens (including phenoxy) is 2. The average molecular weight is 333 g/mol. The van der Waals surface area contributed by atoms with Crippen LogP contribution in [0, 0.1) is 0 Å². The molecule has 1 aliphatic heterocycles. The first kappa shape index (κ1) is 16.5. The predicted molar refractivity (Wildman–Crippen MR) is 91.9 cm³/mol. The van der Waals surface area contributed by atoms with Gasteiger partial charge in [-0.2, -0.15) is 0 Å². The van der Waals surface area contributed by atoms with Gasteiger partial charge in [0.05, 0.1) is 26.4 Å². The Hall–Kier alpha value is -1.40. The molecule has 4 nitrogen and oxygen atoms in total. The van der Waals surface area contributed by atoms with Gasteiger partial charge in [0.2, 0.25) is 0 Å². The van der Waals surface area contributed by atoms with Crippen LogP contribution in [0.4, 0.5) is 0 Å². The summed E-state index contributed by atoms with van der Waals surface area (Å²) in [7, 11) is 1.70. The quantitative estimate of drug-likeness (QED) is 0.882. The van der Waals surface area contributed by atoms with Crippen LogP contribution in [0.3, 0.4) is 0 Å². The lowest BCUT2D eigenvalue weighted by Gasteiger charge is -2.36. The van der Waals surface area contributed by atoms with Crippen molar-refractivity contribution in [3.8, 4) is 5.75 Å². The van der Waals surface area contributed by atoms with Crippen molar-refractivity contribution in [3.05, 3.63) is 52.2 Å². The predicted octanol–water partition coefficient (Wildman–Crippen LogP) is 3.08. The maximum absolute atomic E-state index is 10.4. The van der Waals surface area contributed by atoms with E-state index in [1.165, 1.54) is 5.56 Å². The van der Waals surface area contributed by atoms with Gasteiger partial charge >= 0.3 is 0 Å². The average Bonchev–Trinajstić information content (AvgIpc) is 3.12. The highest BCUT2D eigenvalue weighted by molar-refractivity contribution is 7.10. The van der Waals surface area contributed by atoms with Gasteiger partial charge in [-0.3, -0.25) is 4.90 Å². The third kappa shape index (κ3) is 4.12. The summed E-state index contributed by atoms with van der Waals surface area (Å²) in [5, 5.41) is 12.5. The van der Waals surface area contributed by atoms with Gasteiger partial charge in [0.25, 0.3) is 0 Å². The number of thiophene rings is 1. The van der Waals surface area contributed by atoms with Crippen molar-refractivity contribution in [2.24, 2.45) is 0 Å². The Bertz CT molecular complexity index is 602. The molecule has 1 fully saturated rings. The van der Waals surface area contributed by atoms with E-state index in [4.69, 9.17) is 9.47 Å². The van der Waals surface area contributed by atoms with Gasteiger partial charge in [-0.05, 0) is 23.9 Å². The molecule has 0 aliphatic carbocycles. The van der Waals surface area contributed by atoms with Crippen LogP contribution in [0.1, 0.15) is 23.0 Å². The topological polar surface area (TPSA) is 41.9 Å². The van der Waals surface area contributed by atoms with Gasteiger partial charge in [0.1, 0.15) is 5.75 Å². The molecule has 1 N–H and O–H groups in total. The zero-order chi connectivity index (χ0) is 16.1. The number of rotatable bonds is 6. The summed E-state index contributed by atoms with van der Waals surface area (Å²) in [5.74, 6) is 0.913. The Kier molecular flexibility index (Phi) is 5.67. The highest BCUT2D eigenvalue weighted by Gasteiger charge is 2.27. The SMILES string of the molecule is COc1ccccc1CN1CCOCC1CC(O)c1cccs1. The molecule has 5 heteroatoms. The van der Waals surface area contributed by atoms with E-state index in [1.54, 1.807) is 18.4 Å². The number of para-hydroxylation sites is 1. The molecular formula is C18H23NO3S. The van der Waals surface area contributed by atoms with Crippen molar-refractivity contribution in [1.82, 2.24) is 4.90 Å². The van der Waals surface area contributed by atoms with Crippen molar-refractivity contribution < 1.29 is 14.6 Å². The third-order valence-electron chi connectivity index (χ3n) is 4.28. The molecule has 23 heavy (non-hydrogen) atoms. The lowest BCUT2D eigenvalue weighted by atomic mass is 10.0. The van der Waals surface area contributed by atoms with Crippen LogP contribution < -0.4 is 4.74 Å². The molecule has 0 spiro atoms. The van der Waals surface area contributed by atoms with Crippen molar-refractivity contribution in [3.63, 3.8) is 0 Å². The number of morpholine rings is 1. The van der Waals surface area contributed by atoms with E-state index < -0.39 is 6.10 Å². The molecule has 1 saturated heterocycles. The molecule has 0 bridgehead atoms. The molecule has 2 atom stereocenters. The lowest BCUT2D eigenvalue weighted by Crippen LogP contribution is -2.45. The molecule has 2 aromatic rings. The number of benzene rings is 1. The zero-order valence-corrected chi connectivity index (χ0v) is 14.2. The number of methoxy groups -OCH3 is 1. The number of hydrogen-bond acceptors (Lipinski definition) is 5. The van der Waals surface area contributed by atoms with Gasteiger partial charge in [0, 0.05) is 29.6 Å². The van der Waals surface area contributed by atoms with Gasteiger partial charge in [-0.25, -0.2) is 0 Å². The first-order valence-electron chi connectivity index (χ1n) is 7.93. The van der Waals surface area contributed by atoms with E-state index in [0.717, 1.165) is 30.3 Å². The summed E-state index contributed by atoms with van der Waals surface area (Å²) in [6.45, 7) is 3.09. The largest absolute Gasteiger partial charge is 0.496 e. The van der Waals surface area contributed by atoms with Crippen LogP contribution in [-0.4, -0.2) is 42.9 Å². The molecule has 124 valence electrons. The molecule has 2 heterocycles. The summed E-state index contributed by atoms with van der Waals surface area (Å²) < 4.78 is 11.1. The van der Waals surface area contributed by atoms with Crippen LogP contribution in [0.25, 0.3) is 0 Å². The highest BCUT2D eigenvalue weighted by Crippen LogP contribution is 2.28. The standard InChI is InChI=1S/C18H23NO3S/c1-21-17-6-3-2-5-14(17)12-19-8-9-22-13-15(19)11-16(20)18-7-4-10-23-18/h2-7,10,15-16,20H,8-9,11-13H2,1H3. The number of aliphatic hydroxyl groups is 1. The molecule has 1 aromatic heterocycles. The van der Waals surface area contributed by atoms with Crippen LogP contribution >= 0.6 is 11.3 Å². The van der Waals surface area contributed by atoms with E-state index in [1.807, 2.05) is 35.7 Å². The van der Waals surface area contributed by atoms with Crippen LogP contribution in [0.5, 0.6) is 5.75 Å². The van der Waals surface area contributed by atoms with Gasteiger partial charge < -0.3 is 14.6 Å². The summed E-state index contributed by atoms with van der Waals surface area (Å²) in [6.07, 6.45) is 0.261. The first-order valence-corrected chi connectivity index (χ1v) is 8.81. The Labute approximate surface area is 141 Å². The Morgan fingerprint density at radius 2 is 2.22 bits per heavy atom. The monoisotopic (exact) mass is 333 g/mol. The van der Waals surface area contributed by atoms with Gasteiger partial charge in [-0.1, -0.05) is 24.3 Å². The molecule has 1 aromatic carbocycles. The minimum atomic E-state index is -0.429. The normalized spacial score (nSPS) is 20.3. The van der Waals surface area contributed by atoms with Crippen LogP contribution in [0.2, 0.25) is 0 Å². The molecule has 0 amide bonds. The fraction of sp³-hybridized carbons (Fsp3) is 0.444.